The first-order valence-corrected chi connectivity index (χ1v) is 13.5. The van der Waals surface area contributed by atoms with Gasteiger partial charge in [-0.15, -0.1) is 0 Å². The lowest BCUT2D eigenvalue weighted by atomic mass is 9.78. The Morgan fingerprint density at radius 1 is 0.800 bits per heavy atom. The van der Waals surface area contributed by atoms with E-state index in [1.165, 1.54) is 22.3 Å². The van der Waals surface area contributed by atoms with Crippen LogP contribution < -0.4 is 16.5 Å². The van der Waals surface area contributed by atoms with Crippen molar-refractivity contribution < 1.29 is 8.81 Å². The number of pyridine rings is 1. The van der Waals surface area contributed by atoms with Crippen molar-refractivity contribution in [1.82, 2.24) is 4.98 Å². The van der Waals surface area contributed by atoms with E-state index in [0.29, 0.717) is 38.9 Å². The Morgan fingerprint density at radius 3 is 2.33 bits per heavy atom. The normalized spacial score (nSPS) is 13.3. The molecule has 0 fully saturated rings. The molecule has 7 rings (SSSR count). The van der Waals surface area contributed by atoms with Gasteiger partial charge >= 0.3 is 0 Å². The number of halogens is 1. The predicted molar refractivity (Wildman–Crippen MR) is 169 cm³/mol. The molecule has 0 saturated heterocycles. The molecule has 0 radical (unpaired) electrons. The topological polar surface area (TPSA) is 49.8 Å². The van der Waals surface area contributed by atoms with Crippen LogP contribution in [0.15, 0.2) is 77.2 Å². The first-order chi connectivity index (χ1) is 19.2. The van der Waals surface area contributed by atoms with Crippen LogP contribution in [-0.2, 0) is 5.41 Å². The van der Waals surface area contributed by atoms with Crippen molar-refractivity contribution in [3.63, 3.8) is 0 Å². The van der Waals surface area contributed by atoms with E-state index in [-0.39, 0.29) is 11.2 Å². The molecule has 0 atom stereocenters. The molecule has 0 bridgehead atoms. The van der Waals surface area contributed by atoms with Crippen LogP contribution in [0.5, 0.6) is 0 Å². The number of aromatic nitrogens is 1. The van der Waals surface area contributed by atoms with Gasteiger partial charge in [-0.25, -0.2) is 4.39 Å². The van der Waals surface area contributed by atoms with Crippen LogP contribution in [0.3, 0.4) is 0 Å². The van der Waals surface area contributed by atoms with Crippen LogP contribution in [0.2, 0.25) is 0 Å². The third-order valence-corrected chi connectivity index (χ3v) is 8.75. The number of nitrogens with zero attached hydrogens (tertiary/aromatic N) is 2. The molecule has 2 heterocycles. The molecule has 4 aromatic carbocycles. The highest BCUT2D eigenvalue weighted by molar-refractivity contribution is 6.50. The number of rotatable bonds is 2. The van der Waals surface area contributed by atoms with E-state index in [1.807, 2.05) is 38.2 Å². The minimum absolute atomic E-state index is 0.102. The lowest BCUT2D eigenvalue weighted by Gasteiger charge is -2.21. The van der Waals surface area contributed by atoms with Gasteiger partial charge in [-0.1, -0.05) is 62.4 Å². The van der Waals surface area contributed by atoms with Crippen molar-refractivity contribution in [2.24, 2.45) is 0 Å². The Hall–Kier alpha value is -4.56. The van der Waals surface area contributed by atoms with Crippen LogP contribution >= 0.6 is 0 Å². The van der Waals surface area contributed by atoms with E-state index in [2.05, 4.69) is 62.4 Å². The summed E-state index contributed by atoms with van der Waals surface area (Å²) in [7, 11) is 5.33. The van der Waals surface area contributed by atoms with Crippen molar-refractivity contribution in [2.45, 2.75) is 19.3 Å². The average Bonchev–Trinajstić information content (AvgIpc) is 3.46. The molecular weight excluding hydrogens is 492 g/mol. The van der Waals surface area contributed by atoms with Gasteiger partial charge in [-0.05, 0) is 68.6 Å². The smallest absolute Gasteiger partial charge is 0.163 e. The third kappa shape index (κ3) is 3.23. The van der Waals surface area contributed by atoms with E-state index in [4.69, 9.17) is 9.40 Å². The molecule has 40 heavy (non-hydrogen) atoms. The number of benzene rings is 4. The van der Waals surface area contributed by atoms with Crippen LogP contribution in [0, 0.1) is 17.1 Å². The van der Waals surface area contributed by atoms with Crippen molar-refractivity contribution >= 4 is 62.0 Å². The van der Waals surface area contributed by atoms with Crippen LogP contribution in [0.25, 0.3) is 55.4 Å². The average molecular weight is 516 g/mol. The standard InChI is InChI=1S/C33H24B3FN2O/c1-33(2)23-9-4-3-6-18(23)22-14-16(11-13-24(22)33)25-17(15-38)10-12-20-19-7-5-8-21(30(19)40-31(20)25)29-26(34)28(37)27(35)32(36)39-29/h3-14H,34-36H2,1-2H3. The summed E-state index contributed by atoms with van der Waals surface area (Å²) in [5.41, 5.74) is 11.4. The minimum Gasteiger partial charge on any atom is -0.455 e. The monoisotopic (exact) mass is 516 g/mol. The summed E-state index contributed by atoms with van der Waals surface area (Å²) < 4.78 is 21.7. The highest BCUT2D eigenvalue weighted by Crippen LogP contribution is 2.50. The number of hydrogen-bond acceptors (Lipinski definition) is 3. The Kier molecular flexibility index (Phi) is 5.18. The van der Waals surface area contributed by atoms with Gasteiger partial charge in [0.1, 0.15) is 32.7 Å². The Bertz CT molecular complexity index is 2110. The van der Waals surface area contributed by atoms with E-state index < -0.39 is 0 Å². The summed E-state index contributed by atoms with van der Waals surface area (Å²) >= 11 is 0. The summed E-state index contributed by atoms with van der Waals surface area (Å²) in [4.78, 5) is 4.76. The van der Waals surface area contributed by atoms with E-state index >= 15 is 4.39 Å². The maximum absolute atomic E-state index is 15.1. The van der Waals surface area contributed by atoms with Gasteiger partial charge in [-0.3, -0.25) is 4.98 Å². The highest BCUT2D eigenvalue weighted by atomic mass is 19.1. The fraction of sp³-hybridized carbons (Fsp3) is 0.0909. The van der Waals surface area contributed by atoms with E-state index in [1.54, 1.807) is 15.7 Å². The molecule has 188 valence electrons. The quantitative estimate of drug-likeness (QED) is 0.332. The first kappa shape index (κ1) is 24.5. The van der Waals surface area contributed by atoms with E-state index in [9.17, 15) is 5.26 Å². The van der Waals surface area contributed by atoms with Gasteiger partial charge in [0, 0.05) is 27.3 Å². The zero-order chi connectivity index (χ0) is 27.9. The van der Waals surface area contributed by atoms with Crippen LogP contribution in [0.1, 0.15) is 30.5 Å². The molecule has 0 N–H and O–H groups in total. The largest absolute Gasteiger partial charge is 0.455 e. The van der Waals surface area contributed by atoms with Gasteiger partial charge in [0.2, 0.25) is 0 Å². The number of fused-ring (bicyclic) bond motifs is 6. The Morgan fingerprint density at radius 2 is 1.52 bits per heavy atom. The predicted octanol–water partition coefficient (Wildman–Crippen LogP) is 3.41. The third-order valence-electron chi connectivity index (χ3n) is 8.75. The molecule has 0 amide bonds. The maximum Gasteiger partial charge on any atom is 0.163 e. The molecule has 7 heteroatoms. The molecule has 0 spiro atoms. The zero-order valence-electron chi connectivity index (χ0n) is 23.1. The number of furan rings is 1. The molecule has 1 aliphatic carbocycles. The van der Waals surface area contributed by atoms with Crippen LogP contribution in [0.4, 0.5) is 4.39 Å². The second kappa shape index (κ2) is 8.47. The Labute approximate surface area is 234 Å². The molecular formula is C33H24B3FN2O. The molecule has 0 saturated carbocycles. The van der Waals surface area contributed by atoms with Gasteiger partial charge in [0.05, 0.1) is 17.3 Å². The number of hydrogen-bond donors (Lipinski definition) is 0. The molecule has 0 aliphatic heterocycles. The summed E-state index contributed by atoms with van der Waals surface area (Å²) in [6, 6.07) is 27.1. The van der Waals surface area contributed by atoms with Gasteiger partial charge in [0.15, 0.2) is 7.85 Å². The molecule has 1 aliphatic rings. The first-order valence-electron chi connectivity index (χ1n) is 13.5. The number of para-hydroxylation sites is 1. The lowest BCUT2D eigenvalue weighted by molar-refractivity contribution is 0.644. The fourth-order valence-electron chi connectivity index (χ4n) is 6.45. The second-order valence-electron chi connectivity index (χ2n) is 11.3. The maximum atomic E-state index is 15.1. The lowest BCUT2D eigenvalue weighted by Crippen LogP contribution is -2.38. The summed E-state index contributed by atoms with van der Waals surface area (Å²) in [6.07, 6.45) is 0. The summed E-state index contributed by atoms with van der Waals surface area (Å²) in [5.74, 6) is -0.246. The zero-order valence-corrected chi connectivity index (χ0v) is 23.1. The number of nitriles is 1. The summed E-state index contributed by atoms with van der Waals surface area (Å²) in [5, 5.41) is 12.0. The highest BCUT2D eigenvalue weighted by Gasteiger charge is 2.35. The summed E-state index contributed by atoms with van der Waals surface area (Å²) in [6.45, 7) is 4.51. The molecule has 3 nitrogen and oxygen atoms in total. The van der Waals surface area contributed by atoms with Gasteiger partial charge in [0.25, 0.3) is 0 Å². The van der Waals surface area contributed by atoms with Crippen molar-refractivity contribution in [1.29, 1.82) is 5.26 Å². The fourth-order valence-corrected chi connectivity index (χ4v) is 6.45. The van der Waals surface area contributed by atoms with Gasteiger partial charge in [-0.2, -0.15) is 5.26 Å². The minimum atomic E-state index is -0.246. The molecule has 0 unspecified atom stereocenters. The second-order valence-corrected chi connectivity index (χ2v) is 11.3. The van der Waals surface area contributed by atoms with Crippen molar-refractivity contribution in [3.8, 4) is 39.6 Å². The molecule has 2 aromatic heterocycles. The van der Waals surface area contributed by atoms with Crippen molar-refractivity contribution in [2.75, 3.05) is 0 Å². The van der Waals surface area contributed by atoms with Crippen LogP contribution in [-0.4, -0.2) is 28.5 Å². The Balaban J connectivity index is 1.52. The van der Waals surface area contributed by atoms with E-state index in [0.717, 1.165) is 27.5 Å². The van der Waals surface area contributed by atoms with Gasteiger partial charge < -0.3 is 4.42 Å². The SMILES string of the molecule is Bc1nc(-c2cccc3c2oc2c(-c4ccc5c(c4)-c4ccccc4C5(C)C)c(C#N)ccc23)c(B)c(F)c1B. The van der Waals surface area contributed by atoms with Crippen molar-refractivity contribution in [3.05, 3.63) is 95.3 Å². The molecule has 6 aromatic rings.